The van der Waals surface area contributed by atoms with Gasteiger partial charge in [0.05, 0.1) is 12.8 Å². The van der Waals surface area contributed by atoms with Crippen molar-refractivity contribution in [2.75, 3.05) is 0 Å². The van der Waals surface area contributed by atoms with E-state index >= 15 is 0 Å². The van der Waals surface area contributed by atoms with Crippen molar-refractivity contribution in [3.8, 4) is 0 Å². The zero-order valence-corrected chi connectivity index (χ0v) is 10.3. The van der Waals surface area contributed by atoms with Crippen molar-refractivity contribution in [2.24, 2.45) is 0 Å². The largest absolute Gasteiger partial charge is 0.481 e. The van der Waals surface area contributed by atoms with Crippen molar-refractivity contribution in [1.82, 2.24) is 0 Å². The van der Waals surface area contributed by atoms with Crippen molar-refractivity contribution in [3.05, 3.63) is 0 Å². The van der Waals surface area contributed by atoms with Crippen molar-refractivity contribution >= 4 is 35.8 Å². The number of aliphatic carboxylic acids is 6. The van der Waals surface area contributed by atoms with E-state index in [1.54, 1.807) is 0 Å². The number of rotatable bonds is 5. The smallest absolute Gasteiger partial charge is 0.414 e. The summed E-state index contributed by atoms with van der Waals surface area (Å²) >= 11 is 0. The first-order valence-corrected chi connectivity index (χ1v) is 4.73. The van der Waals surface area contributed by atoms with E-state index in [0.717, 1.165) is 0 Å². The molecule has 0 unspecified atom stereocenters. The van der Waals surface area contributed by atoms with E-state index in [4.69, 9.17) is 40.2 Å². The molecule has 0 aromatic carbocycles. The Balaban J connectivity index is -0.000000234. The summed E-state index contributed by atoms with van der Waals surface area (Å²) in [4.78, 5) is 56.3. The molecular weight excluding hydrogens is 300 g/mol. The normalized spacial score (nSPS) is 8.00. The van der Waals surface area contributed by atoms with Crippen molar-refractivity contribution < 1.29 is 59.4 Å². The van der Waals surface area contributed by atoms with Gasteiger partial charge in [-0.25, -0.2) is 9.59 Å². The van der Waals surface area contributed by atoms with Crippen LogP contribution in [0.2, 0.25) is 0 Å². The number of carbonyl (C=O) groups is 6. The molecule has 0 radical (unpaired) electrons. The van der Waals surface area contributed by atoms with Gasteiger partial charge in [-0.1, -0.05) is 0 Å². The van der Waals surface area contributed by atoms with Crippen molar-refractivity contribution in [1.29, 1.82) is 0 Å². The van der Waals surface area contributed by atoms with Crippen LogP contribution in [-0.2, 0) is 28.8 Å². The third-order valence-corrected chi connectivity index (χ3v) is 1.04. The Morgan fingerprint density at radius 3 is 0.762 bits per heavy atom. The molecule has 0 aliphatic rings. The van der Waals surface area contributed by atoms with Gasteiger partial charge in [-0.15, -0.1) is 0 Å². The highest BCUT2D eigenvalue weighted by molar-refractivity contribution is 6.27. The first-order valence-electron chi connectivity index (χ1n) is 4.73. The molecule has 0 aliphatic carbocycles. The minimum absolute atomic E-state index is 0.296. The summed E-state index contributed by atoms with van der Waals surface area (Å²) < 4.78 is 0. The molecule has 0 spiro atoms. The quantitative estimate of drug-likeness (QED) is 0.255. The maximum Gasteiger partial charge on any atom is 0.414 e. The van der Waals surface area contributed by atoms with Crippen LogP contribution in [0.5, 0.6) is 0 Å². The first kappa shape index (κ1) is 23.0. The lowest BCUT2D eigenvalue weighted by atomic mass is 10.3. The van der Waals surface area contributed by atoms with Gasteiger partial charge in [-0.3, -0.25) is 19.2 Å². The molecule has 6 N–H and O–H groups in total. The molecule has 0 aromatic heterocycles. The molecule has 0 aromatic rings. The second-order valence-electron chi connectivity index (χ2n) is 2.86. The zero-order valence-electron chi connectivity index (χ0n) is 10.3. The summed E-state index contributed by atoms with van der Waals surface area (Å²) in [7, 11) is 0. The monoisotopic (exact) mass is 312 g/mol. The van der Waals surface area contributed by atoms with Crippen molar-refractivity contribution in [2.45, 2.75) is 19.3 Å². The molecular formula is C9H12O12. The van der Waals surface area contributed by atoms with Gasteiger partial charge in [0.1, 0.15) is 6.42 Å². The molecule has 0 fully saturated rings. The summed E-state index contributed by atoms with van der Waals surface area (Å²) in [5.74, 6) is -8.43. The van der Waals surface area contributed by atoms with Crippen LogP contribution in [0.25, 0.3) is 0 Å². The average molecular weight is 312 g/mol. The maximum atomic E-state index is 9.64. The van der Waals surface area contributed by atoms with E-state index in [0.29, 0.717) is 0 Å². The fraction of sp³-hybridized carbons (Fsp3) is 0.333. The van der Waals surface area contributed by atoms with E-state index in [2.05, 4.69) is 0 Å². The summed E-state index contributed by atoms with van der Waals surface area (Å²) in [6.07, 6.45) is -1.40. The van der Waals surface area contributed by atoms with Crippen LogP contribution in [0.3, 0.4) is 0 Å². The Labute approximate surface area is 115 Å². The van der Waals surface area contributed by atoms with Crippen molar-refractivity contribution in [3.63, 3.8) is 0 Å². The molecule has 0 saturated heterocycles. The van der Waals surface area contributed by atoms with Gasteiger partial charge in [0.2, 0.25) is 0 Å². The van der Waals surface area contributed by atoms with Crippen LogP contribution in [0.15, 0.2) is 0 Å². The van der Waals surface area contributed by atoms with E-state index in [1.807, 2.05) is 0 Å². The number of hydrogen-bond donors (Lipinski definition) is 6. The summed E-state index contributed by atoms with van der Waals surface area (Å²) in [6, 6.07) is 0. The number of carboxylic acid groups (broad SMARTS) is 6. The van der Waals surface area contributed by atoms with Gasteiger partial charge in [-0.2, -0.15) is 0 Å². The molecule has 0 heterocycles. The van der Waals surface area contributed by atoms with Gasteiger partial charge in [0.25, 0.3) is 0 Å². The van der Waals surface area contributed by atoms with Gasteiger partial charge in [0, 0.05) is 0 Å². The molecule has 0 amide bonds. The standard InChI is InChI=1S/C4H6O4.C3H4O4.C2H2O4/c5-3(6)1-2-4(7)8;4-2(5)1-3(6)7;3-1(4)2(5)6/h1-2H2,(H,5,6)(H,7,8);1H2,(H,4,5)(H,6,7);(H,3,4)(H,5,6). The molecule has 12 nitrogen and oxygen atoms in total. The van der Waals surface area contributed by atoms with Gasteiger partial charge in [0.15, 0.2) is 0 Å². The molecule has 21 heavy (non-hydrogen) atoms. The minimum Gasteiger partial charge on any atom is -0.481 e. The third kappa shape index (κ3) is 38.3. The third-order valence-electron chi connectivity index (χ3n) is 1.04. The van der Waals surface area contributed by atoms with Crippen LogP contribution in [0.4, 0.5) is 0 Å². The molecule has 0 bridgehead atoms. The minimum atomic E-state index is -1.82. The Bertz CT molecular complexity index is 371. The van der Waals surface area contributed by atoms with E-state index in [9.17, 15) is 19.2 Å². The Morgan fingerprint density at radius 1 is 0.476 bits per heavy atom. The summed E-state index contributed by atoms with van der Waals surface area (Å²) in [5.41, 5.74) is 0. The molecule has 0 saturated carbocycles. The summed E-state index contributed by atoms with van der Waals surface area (Å²) in [5, 5.41) is 46.0. The molecule has 0 aliphatic heterocycles. The molecule has 12 heteroatoms. The SMILES string of the molecule is O=C(O)C(=O)O.O=C(O)CC(=O)O.O=C(O)CCC(=O)O. The molecule has 120 valence electrons. The topological polar surface area (TPSA) is 224 Å². The Kier molecular flexibility index (Phi) is 14.5. The predicted molar refractivity (Wildman–Crippen MR) is 59.7 cm³/mol. The lowest BCUT2D eigenvalue weighted by Crippen LogP contribution is -2.09. The average Bonchev–Trinajstić information content (AvgIpc) is 2.25. The highest BCUT2D eigenvalue weighted by Gasteiger charge is 2.04. The highest BCUT2D eigenvalue weighted by Crippen LogP contribution is 1.86. The number of carboxylic acids is 6. The predicted octanol–water partition coefficient (Wildman–Crippen LogP) is -1.36. The second-order valence-corrected chi connectivity index (χ2v) is 2.86. The van der Waals surface area contributed by atoms with E-state index in [-0.39, 0.29) is 12.8 Å². The van der Waals surface area contributed by atoms with Gasteiger partial charge < -0.3 is 30.6 Å². The van der Waals surface area contributed by atoms with Crippen LogP contribution < -0.4 is 0 Å². The summed E-state index contributed by atoms with van der Waals surface area (Å²) in [6.45, 7) is 0. The van der Waals surface area contributed by atoms with Gasteiger partial charge in [-0.05, 0) is 0 Å². The van der Waals surface area contributed by atoms with E-state index in [1.165, 1.54) is 0 Å². The Morgan fingerprint density at radius 2 is 0.714 bits per heavy atom. The fourth-order valence-corrected chi connectivity index (χ4v) is 0.343. The van der Waals surface area contributed by atoms with E-state index < -0.39 is 42.2 Å². The van der Waals surface area contributed by atoms with Crippen LogP contribution in [0.1, 0.15) is 19.3 Å². The lowest BCUT2D eigenvalue weighted by Gasteiger charge is -1.85. The molecule has 0 atom stereocenters. The highest BCUT2D eigenvalue weighted by atomic mass is 16.4. The Hall–Kier alpha value is -3.18. The first-order chi connectivity index (χ1) is 9.39. The zero-order chi connectivity index (χ0) is 17.6. The second kappa shape index (κ2) is 13.3. The lowest BCUT2D eigenvalue weighted by molar-refractivity contribution is -0.159. The van der Waals surface area contributed by atoms with Crippen LogP contribution in [0, 0.1) is 0 Å². The van der Waals surface area contributed by atoms with Gasteiger partial charge >= 0.3 is 35.8 Å². The van der Waals surface area contributed by atoms with Crippen LogP contribution in [-0.4, -0.2) is 66.5 Å². The maximum absolute atomic E-state index is 9.64. The van der Waals surface area contributed by atoms with Crippen LogP contribution >= 0.6 is 0 Å². The molecule has 0 rings (SSSR count). The fourth-order valence-electron chi connectivity index (χ4n) is 0.343. The number of hydrogen-bond acceptors (Lipinski definition) is 6.